The summed E-state index contributed by atoms with van der Waals surface area (Å²) in [5.74, 6) is -0.448. The lowest BCUT2D eigenvalue weighted by Crippen LogP contribution is -2.26. The van der Waals surface area contributed by atoms with Crippen LogP contribution in [0, 0.1) is 0 Å². The number of carbonyl (C=O) groups excluding carboxylic acids is 2. The standard InChI is InChI=1S/C30H25N5O2/c1-34(30(37)23-12-8-14-26(18-23)32-29(36)24-13-9-17-31-19-24)20-25-21-35(27-15-6-3-7-16-27)33-28(25)22-10-4-2-5-11-22/h2-19,21H,20H2,1H3,(H,32,36). The predicted octanol–water partition coefficient (Wildman–Crippen LogP) is 5.46. The van der Waals surface area contributed by atoms with Crippen LogP contribution in [0.1, 0.15) is 26.3 Å². The van der Waals surface area contributed by atoms with Gasteiger partial charge in [-0.25, -0.2) is 4.68 Å². The topological polar surface area (TPSA) is 80.1 Å². The fourth-order valence-electron chi connectivity index (χ4n) is 4.06. The highest BCUT2D eigenvalue weighted by atomic mass is 16.2. The first-order valence-electron chi connectivity index (χ1n) is 11.8. The normalized spacial score (nSPS) is 10.6. The maximum atomic E-state index is 13.4. The van der Waals surface area contributed by atoms with Crippen molar-refractivity contribution in [1.82, 2.24) is 19.7 Å². The minimum absolute atomic E-state index is 0.163. The highest BCUT2D eigenvalue weighted by molar-refractivity contribution is 6.04. The highest BCUT2D eigenvalue weighted by Crippen LogP contribution is 2.25. The van der Waals surface area contributed by atoms with Gasteiger partial charge in [0.15, 0.2) is 0 Å². The quantitative estimate of drug-likeness (QED) is 0.331. The molecule has 182 valence electrons. The number of benzene rings is 3. The van der Waals surface area contributed by atoms with Crippen molar-refractivity contribution in [3.63, 3.8) is 0 Å². The Kier molecular flexibility index (Phi) is 6.85. The largest absolute Gasteiger partial charge is 0.337 e. The third kappa shape index (κ3) is 5.46. The SMILES string of the molecule is CN(Cc1cn(-c2ccccc2)nc1-c1ccccc1)C(=O)c1cccc(NC(=O)c2cccnc2)c1. The summed E-state index contributed by atoms with van der Waals surface area (Å²) < 4.78 is 1.84. The minimum atomic E-state index is -0.285. The Balaban J connectivity index is 1.37. The number of rotatable bonds is 7. The Labute approximate surface area is 215 Å². The van der Waals surface area contributed by atoms with Gasteiger partial charge >= 0.3 is 0 Å². The van der Waals surface area contributed by atoms with E-state index in [1.54, 1.807) is 54.5 Å². The molecule has 0 aliphatic rings. The molecule has 2 amide bonds. The number of aromatic nitrogens is 3. The summed E-state index contributed by atoms with van der Waals surface area (Å²) in [7, 11) is 1.76. The predicted molar refractivity (Wildman–Crippen MR) is 143 cm³/mol. The van der Waals surface area contributed by atoms with E-state index in [-0.39, 0.29) is 11.8 Å². The van der Waals surface area contributed by atoms with E-state index in [9.17, 15) is 9.59 Å². The lowest BCUT2D eigenvalue weighted by atomic mass is 10.1. The van der Waals surface area contributed by atoms with Crippen molar-refractivity contribution in [2.24, 2.45) is 0 Å². The van der Waals surface area contributed by atoms with Gasteiger partial charge in [0.05, 0.1) is 16.9 Å². The first-order chi connectivity index (χ1) is 18.1. The van der Waals surface area contributed by atoms with E-state index < -0.39 is 0 Å². The van der Waals surface area contributed by atoms with Gasteiger partial charge in [-0.3, -0.25) is 14.6 Å². The van der Waals surface area contributed by atoms with E-state index in [1.165, 1.54) is 6.20 Å². The molecule has 0 radical (unpaired) electrons. The van der Waals surface area contributed by atoms with Crippen molar-refractivity contribution >= 4 is 17.5 Å². The number of pyridine rings is 1. The molecule has 2 heterocycles. The van der Waals surface area contributed by atoms with E-state index in [1.807, 2.05) is 71.5 Å². The fourth-order valence-corrected chi connectivity index (χ4v) is 4.06. The summed E-state index contributed by atoms with van der Waals surface area (Å²) in [6.07, 6.45) is 5.07. The van der Waals surface area contributed by atoms with E-state index in [0.717, 1.165) is 22.5 Å². The summed E-state index contributed by atoms with van der Waals surface area (Å²) in [5.41, 5.74) is 5.12. The summed E-state index contributed by atoms with van der Waals surface area (Å²) in [6, 6.07) is 30.1. The molecule has 3 aromatic carbocycles. The first-order valence-corrected chi connectivity index (χ1v) is 11.8. The van der Waals surface area contributed by atoms with Crippen LogP contribution in [0.2, 0.25) is 0 Å². The van der Waals surface area contributed by atoms with E-state index in [4.69, 9.17) is 5.10 Å². The van der Waals surface area contributed by atoms with Gasteiger partial charge < -0.3 is 10.2 Å². The Morgan fingerprint density at radius 3 is 2.32 bits per heavy atom. The average molecular weight is 488 g/mol. The molecule has 1 N–H and O–H groups in total. The summed E-state index contributed by atoms with van der Waals surface area (Å²) in [6.45, 7) is 0.363. The molecule has 0 aliphatic heterocycles. The minimum Gasteiger partial charge on any atom is -0.337 e. The van der Waals surface area contributed by atoms with Gasteiger partial charge in [0.1, 0.15) is 0 Å². The van der Waals surface area contributed by atoms with Crippen LogP contribution in [0.4, 0.5) is 5.69 Å². The van der Waals surface area contributed by atoms with Gasteiger partial charge in [-0.05, 0) is 42.5 Å². The molecule has 0 saturated carbocycles. The van der Waals surface area contributed by atoms with E-state index in [2.05, 4.69) is 10.3 Å². The number of anilines is 1. The van der Waals surface area contributed by atoms with Crippen LogP contribution in [-0.4, -0.2) is 38.5 Å². The molecule has 37 heavy (non-hydrogen) atoms. The Morgan fingerprint density at radius 1 is 0.865 bits per heavy atom. The smallest absolute Gasteiger partial charge is 0.257 e. The molecular weight excluding hydrogens is 462 g/mol. The molecule has 0 aliphatic carbocycles. The number of hydrogen-bond acceptors (Lipinski definition) is 4. The number of para-hydroxylation sites is 1. The van der Waals surface area contributed by atoms with Crippen molar-refractivity contribution in [3.05, 3.63) is 132 Å². The molecule has 7 nitrogen and oxygen atoms in total. The molecule has 0 saturated heterocycles. The zero-order chi connectivity index (χ0) is 25.6. The van der Waals surface area contributed by atoms with E-state index >= 15 is 0 Å². The lowest BCUT2D eigenvalue weighted by molar-refractivity contribution is 0.0785. The zero-order valence-electron chi connectivity index (χ0n) is 20.3. The lowest BCUT2D eigenvalue weighted by Gasteiger charge is -2.18. The maximum Gasteiger partial charge on any atom is 0.257 e. The number of carbonyl (C=O) groups is 2. The molecular formula is C30H25N5O2. The van der Waals surface area contributed by atoms with Crippen LogP contribution in [-0.2, 0) is 6.54 Å². The summed E-state index contributed by atoms with van der Waals surface area (Å²) >= 11 is 0. The Morgan fingerprint density at radius 2 is 1.59 bits per heavy atom. The van der Waals surface area contributed by atoms with Gasteiger partial charge in [0.2, 0.25) is 0 Å². The van der Waals surface area contributed by atoms with E-state index in [0.29, 0.717) is 23.4 Å². The molecule has 5 rings (SSSR count). The van der Waals surface area contributed by atoms with Gasteiger partial charge in [-0.2, -0.15) is 5.10 Å². The van der Waals surface area contributed by atoms with Gasteiger partial charge in [-0.15, -0.1) is 0 Å². The van der Waals surface area contributed by atoms with Gasteiger partial charge in [-0.1, -0.05) is 54.6 Å². The van der Waals surface area contributed by atoms with Crippen molar-refractivity contribution < 1.29 is 9.59 Å². The summed E-state index contributed by atoms with van der Waals surface area (Å²) in [4.78, 5) is 31.5. The maximum absolute atomic E-state index is 13.4. The number of hydrogen-bond donors (Lipinski definition) is 1. The van der Waals surface area contributed by atoms with Crippen LogP contribution in [0.25, 0.3) is 16.9 Å². The fraction of sp³-hybridized carbons (Fsp3) is 0.0667. The van der Waals surface area contributed by atoms with Crippen molar-refractivity contribution in [3.8, 4) is 16.9 Å². The number of nitrogens with one attached hydrogen (secondary N) is 1. The third-order valence-corrected chi connectivity index (χ3v) is 5.90. The third-order valence-electron chi connectivity index (χ3n) is 5.90. The molecule has 7 heteroatoms. The number of nitrogens with zero attached hydrogens (tertiary/aromatic N) is 4. The Bertz CT molecular complexity index is 1520. The van der Waals surface area contributed by atoms with Crippen molar-refractivity contribution in [2.45, 2.75) is 6.54 Å². The molecule has 2 aromatic heterocycles. The Hall–Kier alpha value is -5.04. The second-order valence-electron chi connectivity index (χ2n) is 8.59. The van der Waals surface area contributed by atoms with Crippen LogP contribution >= 0.6 is 0 Å². The molecule has 0 bridgehead atoms. The average Bonchev–Trinajstić information content (AvgIpc) is 3.38. The second kappa shape index (κ2) is 10.7. The van der Waals surface area contributed by atoms with Crippen molar-refractivity contribution in [1.29, 1.82) is 0 Å². The van der Waals surface area contributed by atoms with Gasteiger partial charge in [0, 0.05) is 54.6 Å². The molecule has 0 atom stereocenters. The van der Waals surface area contributed by atoms with Gasteiger partial charge in [0.25, 0.3) is 11.8 Å². The molecule has 0 unspecified atom stereocenters. The molecule has 5 aromatic rings. The first kappa shape index (κ1) is 23.7. The van der Waals surface area contributed by atoms with Crippen molar-refractivity contribution in [2.75, 3.05) is 12.4 Å². The molecule has 0 spiro atoms. The number of amides is 2. The zero-order valence-corrected chi connectivity index (χ0v) is 20.3. The van der Waals surface area contributed by atoms with Crippen LogP contribution in [0.15, 0.2) is 116 Å². The highest BCUT2D eigenvalue weighted by Gasteiger charge is 2.18. The van der Waals surface area contributed by atoms with Crippen LogP contribution in [0.5, 0.6) is 0 Å². The molecule has 0 fully saturated rings. The monoisotopic (exact) mass is 487 g/mol. The summed E-state index contributed by atoms with van der Waals surface area (Å²) in [5, 5.41) is 7.67. The van der Waals surface area contributed by atoms with Crippen LogP contribution < -0.4 is 5.32 Å². The second-order valence-corrected chi connectivity index (χ2v) is 8.59. The van der Waals surface area contributed by atoms with Crippen LogP contribution in [0.3, 0.4) is 0 Å².